The second-order valence-electron chi connectivity index (χ2n) is 5.17. The normalized spacial score (nSPS) is 16.9. The number of hydrogen-bond donors (Lipinski definition) is 1. The first-order valence-corrected chi connectivity index (χ1v) is 10.1. The third-order valence-corrected chi connectivity index (χ3v) is 5.76. The molecule has 1 aliphatic heterocycles. The highest BCUT2D eigenvalue weighted by Gasteiger charge is 2.31. The first-order chi connectivity index (χ1) is 11.2. The number of aliphatic carboxylic acids is 1. The fourth-order valence-corrected chi connectivity index (χ4v) is 3.98. The second kappa shape index (κ2) is 7.45. The van der Waals surface area contributed by atoms with Crippen LogP contribution in [-0.4, -0.2) is 47.4 Å². The Labute approximate surface area is 149 Å². The van der Waals surface area contributed by atoms with Crippen LogP contribution in [0.15, 0.2) is 34.1 Å². The zero-order chi connectivity index (χ0) is 17.9. The van der Waals surface area contributed by atoms with Crippen molar-refractivity contribution in [3.05, 3.63) is 34.7 Å². The summed E-state index contributed by atoms with van der Waals surface area (Å²) in [5.74, 6) is -1.18. The van der Waals surface area contributed by atoms with Crippen LogP contribution in [0.1, 0.15) is 18.4 Å². The van der Waals surface area contributed by atoms with Crippen LogP contribution in [0, 0.1) is 0 Å². The zero-order valence-electron chi connectivity index (χ0n) is 12.8. The summed E-state index contributed by atoms with van der Waals surface area (Å²) in [5.41, 5.74) is 0.688. The van der Waals surface area contributed by atoms with Crippen LogP contribution in [0.4, 0.5) is 0 Å². The van der Waals surface area contributed by atoms with Gasteiger partial charge in [0.15, 0.2) is 9.84 Å². The quantitative estimate of drug-likeness (QED) is 0.592. The van der Waals surface area contributed by atoms with Gasteiger partial charge < -0.3 is 5.11 Å². The average molecular weight is 385 g/mol. The van der Waals surface area contributed by atoms with E-state index in [9.17, 15) is 18.0 Å². The van der Waals surface area contributed by atoms with E-state index >= 15 is 0 Å². The highest BCUT2D eigenvalue weighted by atomic mass is 32.2. The summed E-state index contributed by atoms with van der Waals surface area (Å²) >= 11 is 6.31. The van der Waals surface area contributed by atoms with Gasteiger partial charge >= 0.3 is 5.97 Å². The lowest BCUT2D eigenvalue weighted by atomic mass is 10.2. The monoisotopic (exact) mass is 385 g/mol. The van der Waals surface area contributed by atoms with Gasteiger partial charge in [-0.15, -0.1) is 0 Å². The van der Waals surface area contributed by atoms with Gasteiger partial charge in [-0.05, 0) is 30.2 Å². The van der Waals surface area contributed by atoms with E-state index in [0.717, 1.165) is 18.0 Å². The van der Waals surface area contributed by atoms with Crippen LogP contribution < -0.4 is 0 Å². The van der Waals surface area contributed by atoms with Crippen LogP contribution in [0.3, 0.4) is 0 Å². The molecule has 1 N–H and O–H groups in total. The Kier molecular flexibility index (Phi) is 5.79. The molecule has 6 nitrogen and oxygen atoms in total. The molecule has 1 amide bonds. The predicted octanol–water partition coefficient (Wildman–Crippen LogP) is 2.16. The van der Waals surface area contributed by atoms with Gasteiger partial charge in [-0.3, -0.25) is 14.5 Å². The van der Waals surface area contributed by atoms with Crippen molar-refractivity contribution in [1.29, 1.82) is 0 Å². The molecule has 24 heavy (non-hydrogen) atoms. The first-order valence-electron chi connectivity index (χ1n) is 6.96. The van der Waals surface area contributed by atoms with Gasteiger partial charge in [-0.1, -0.05) is 36.1 Å². The number of nitrogens with zero attached hydrogens (tertiary/aromatic N) is 1. The van der Waals surface area contributed by atoms with Gasteiger partial charge in [0.1, 0.15) is 4.32 Å². The third-order valence-electron chi connectivity index (χ3n) is 3.25. The number of carboxylic acids is 1. The Bertz CT molecular complexity index is 812. The standard InChI is InChI=1S/C15H15NO5S3/c1-24(20,21)11-6-4-10(5-7-11)9-12-14(19)16(15(22)23-12)8-2-3-13(17)18/h4-7,9H,2-3,8H2,1H3,(H,17,18). The molecule has 1 fully saturated rings. The van der Waals surface area contributed by atoms with Crippen molar-refractivity contribution < 1.29 is 23.1 Å². The smallest absolute Gasteiger partial charge is 0.303 e. The molecule has 0 unspecified atom stereocenters. The highest BCUT2D eigenvalue weighted by molar-refractivity contribution is 8.26. The molecule has 128 valence electrons. The number of benzene rings is 1. The molecule has 1 aromatic rings. The fraction of sp³-hybridized carbons (Fsp3) is 0.267. The number of sulfone groups is 1. The molecule has 1 aliphatic rings. The van der Waals surface area contributed by atoms with Crippen molar-refractivity contribution in [2.75, 3.05) is 12.8 Å². The molecular formula is C15H15NO5S3. The van der Waals surface area contributed by atoms with Crippen molar-refractivity contribution in [2.24, 2.45) is 0 Å². The fourth-order valence-electron chi connectivity index (χ4n) is 2.04. The van der Waals surface area contributed by atoms with E-state index < -0.39 is 15.8 Å². The minimum absolute atomic E-state index is 0.0247. The maximum Gasteiger partial charge on any atom is 0.303 e. The maximum atomic E-state index is 12.3. The van der Waals surface area contributed by atoms with Crippen LogP contribution in [0.5, 0.6) is 0 Å². The summed E-state index contributed by atoms with van der Waals surface area (Å²) in [5, 5.41) is 8.65. The highest BCUT2D eigenvalue weighted by Crippen LogP contribution is 2.32. The lowest BCUT2D eigenvalue weighted by molar-refractivity contribution is -0.137. The molecule has 0 bridgehead atoms. The molecule has 2 rings (SSSR count). The number of thiocarbonyl (C=S) groups is 1. The van der Waals surface area contributed by atoms with Crippen LogP contribution >= 0.6 is 24.0 Å². The molecule has 0 radical (unpaired) electrons. The third kappa shape index (κ3) is 4.65. The number of amides is 1. The summed E-state index contributed by atoms with van der Waals surface area (Å²) in [7, 11) is -3.26. The number of thioether (sulfide) groups is 1. The second-order valence-corrected chi connectivity index (χ2v) is 8.86. The number of rotatable bonds is 6. The van der Waals surface area contributed by atoms with Crippen LogP contribution in [0.25, 0.3) is 6.08 Å². The number of carbonyl (C=O) groups is 2. The summed E-state index contributed by atoms with van der Waals surface area (Å²) in [6.45, 7) is 0.265. The molecule has 0 aliphatic carbocycles. The molecule has 0 atom stereocenters. The largest absolute Gasteiger partial charge is 0.481 e. The topological polar surface area (TPSA) is 91.8 Å². The summed E-state index contributed by atoms with van der Waals surface area (Å²) in [6, 6.07) is 6.20. The van der Waals surface area contributed by atoms with E-state index in [0.29, 0.717) is 21.2 Å². The average Bonchev–Trinajstić information content (AvgIpc) is 2.74. The van der Waals surface area contributed by atoms with E-state index in [1.165, 1.54) is 17.0 Å². The van der Waals surface area contributed by atoms with Gasteiger partial charge in [-0.2, -0.15) is 0 Å². The molecule has 9 heteroatoms. The molecule has 0 saturated carbocycles. The van der Waals surface area contributed by atoms with Crippen molar-refractivity contribution in [3.63, 3.8) is 0 Å². The van der Waals surface area contributed by atoms with Gasteiger partial charge in [-0.25, -0.2) is 8.42 Å². The van der Waals surface area contributed by atoms with Gasteiger partial charge in [0.05, 0.1) is 9.80 Å². The molecular weight excluding hydrogens is 370 g/mol. The Morgan fingerprint density at radius 2 is 1.96 bits per heavy atom. The Morgan fingerprint density at radius 1 is 1.33 bits per heavy atom. The Morgan fingerprint density at radius 3 is 2.50 bits per heavy atom. The van der Waals surface area contributed by atoms with Crippen LogP contribution in [0.2, 0.25) is 0 Å². The Balaban J connectivity index is 2.12. The number of carbonyl (C=O) groups excluding carboxylic acids is 1. The van der Waals surface area contributed by atoms with Gasteiger partial charge in [0.2, 0.25) is 0 Å². The van der Waals surface area contributed by atoms with E-state index in [-0.39, 0.29) is 23.8 Å². The van der Waals surface area contributed by atoms with E-state index in [2.05, 4.69) is 0 Å². The summed E-state index contributed by atoms with van der Waals surface area (Å²) < 4.78 is 23.3. The minimum Gasteiger partial charge on any atom is -0.481 e. The maximum absolute atomic E-state index is 12.3. The van der Waals surface area contributed by atoms with Crippen molar-refractivity contribution in [3.8, 4) is 0 Å². The van der Waals surface area contributed by atoms with E-state index in [4.69, 9.17) is 17.3 Å². The molecule has 1 aromatic carbocycles. The van der Waals surface area contributed by atoms with E-state index in [1.807, 2.05) is 0 Å². The zero-order valence-corrected chi connectivity index (χ0v) is 15.2. The summed E-state index contributed by atoms with van der Waals surface area (Å²) in [6.07, 6.45) is 3.08. The SMILES string of the molecule is CS(=O)(=O)c1ccc(C=C2SC(=S)N(CCCC(=O)O)C2=O)cc1. The molecule has 0 aromatic heterocycles. The van der Waals surface area contributed by atoms with Crippen molar-refractivity contribution in [2.45, 2.75) is 17.7 Å². The molecule has 0 spiro atoms. The first kappa shape index (κ1) is 18.6. The van der Waals surface area contributed by atoms with E-state index in [1.54, 1.807) is 18.2 Å². The molecule has 1 saturated heterocycles. The predicted molar refractivity (Wildman–Crippen MR) is 96.3 cm³/mol. The number of hydrogen-bond acceptors (Lipinski definition) is 6. The molecule has 1 heterocycles. The lowest BCUT2D eigenvalue weighted by Crippen LogP contribution is -2.29. The van der Waals surface area contributed by atoms with Crippen LogP contribution in [-0.2, 0) is 19.4 Å². The minimum atomic E-state index is -3.26. The number of carboxylic acid groups (broad SMARTS) is 1. The lowest BCUT2D eigenvalue weighted by Gasteiger charge is -2.13. The van der Waals surface area contributed by atoms with Gasteiger partial charge in [0, 0.05) is 19.2 Å². The Hall–Kier alpha value is -1.71. The van der Waals surface area contributed by atoms with Gasteiger partial charge in [0.25, 0.3) is 5.91 Å². The van der Waals surface area contributed by atoms with Crippen molar-refractivity contribution in [1.82, 2.24) is 4.90 Å². The summed E-state index contributed by atoms with van der Waals surface area (Å²) in [4.78, 5) is 24.9. The van der Waals surface area contributed by atoms with Crippen molar-refractivity contribution >= 4 is 56.1 Å².